The number of nitrogens with one attached hydrogen (secondary N) is 1. The third-order valence-corrected chi connectivity index (χ3v) is 1.19. The number of carbonyl (C=O) groups excluding carboxylic acids is 1. The Morgan fingerprint density at radius 1 is 1.33 bits per heavy atom. The van der Waals surface area contributed by atoms with Crippen LogP contribution in [0.4, 0.5) is 0 Å². The van der Waals surface area contributed by atoms with Crippen LogP contribution in [0.25, 0.3) is 0 Å². The Balaban J connectivity index is 3.50. The van der Waals surface area contributed by atoms with Crippen molar-refractivity contribution in [3.63, 3.8) is 0 Å². The highest BCUT2D eigenvalue weighted by Crippen LogP contribution is 1.86. The predicted octanol–water partition coefficient (Wildman–Crippen LogP) is 0.962. The highest BCUT2D eigenvalue weighted by atomic mass is 16.1. The minimum Gasteiger partial charge on any atom is -0.305 e. The molecule has 0 aliphatic carbocycles. The fourth-order valence-electron chi connectivity index (χ4n) is 0.617. The molecule has 0 spiro atoms. The summed E-state index contributed by atoms with van der Waals surface area (Å²) in [5.74, 6) is 0.198. The van der Waals surface area contributed by atoms with Crippen molar-refractivity contribution in [1.82, 2.24) is 5.32 Å². The van der Waals surface area contributed by atoms with Crippen LogP contribution in [0.2, 0.25) is 0 Å². The van der Waals surface area contributed by atoms with Gasteiger partial charge in [0, 0.05) is 6.04 Å². The van der Waals surface area contributed by atoms with Gasteiger partial charge in [-0.3, -0.25) is 4.79 Å². The maximum absolute atomic E-state index is 10.6. The van der Waals surface area contributed by atoms with E-state index in [1.165, 1.54) is 0 Å². The van der Waals surface area contributed by atoms with Crippen molar-refractivity contribution in [2.75, 3.05) is 0 Å². The van der Waals surface area contributed by atoms with Gasteiger partial charge in [0.15, 0.2) is 0 Å². The van der Waals surface area contributed by atoms with Crippen LogP contribution < -0.4 is 5.32 Å². The fraction of sp³-hybridized carbons (Fsp3) is 0.857. The standard InChI is InChI=1S/C7H15NO/c1-5(2)8-6(3)7(4)9/h5-6,8H,1-4H3/t6-/m1/s1. The highest BCUT2D eigenvalue weighted by Gasteiger charge is 2.06. The number of ketones is 1. The fourth-order valence-corrected chi connectivity index (χ4v) is 0.617. The van der Waals surface area contributed by atoms with E-state index in [-0.39, 0.29) is 11.8 Å². The van der Waals surface area contributed by atoms with Crippen molar-refractivity contribution in [2.24, 2.45) is 0 Å². The summed E-state index contributed by atoms with van der Waals surface area (Å²) in [6, 6.07) is 0.397. The molecule has 2 heteroatoms. The molecule has 0 amide bonds. The molecule has 54 valence electrons. The molecule has 0 radical (unpaired) electrons. The van der Waals surface area contributed by atoms with Gasteiger partial charge in [-0.2, -0.15) is 0 Å². The first-order valence-electron chi connectivity index (χ1n) is 3.30. The van der Waals surface area contributed by atoms with Gasteiger partial charge in [0.1, 0.15) is 5.78 Å². The van der Waals surface area contributed by atoms with Crippen LogP contribution in [0.15, 0.2) is 0 Å². The monoisotopic (exact) mass is 129 g/mol. The van der Waals surface area contributed by atoms with E-state index in [1.807, 2.05) is 20.8 Å². The Hall–Kier alpha value is -0.370. The SMILES string of the molecule is CC(=O)[C@@H](C)NC(C)C. The maximum atomic E-state index is 10.6. The second kappa shape index (κ2) is 3.62. The Kier molecular flexibility index (Phi) is 3.47. The lowest BCUT2D eigenvalue weighted by Gasteiger charge is -2.12. The number of Topliss-reactive ketones (excluding diaryl/α,β-unsaturated/α-hetero) is 1. The van der Waals surface area contributed by atoms with Gasteiger partial charge in [0.05, 0.1) is 6.04 Å². The summed E-state index contributed by atoms with van der Waals surface area (Å²) < 4.78 is 0. The van der Waals surface area contributed by atoms with Gasteiger partial charge in [0.2, 0.25) is 0 Å². The molecule has 1 atom stereocenters. The lowest BCUT2D eigenvalue weighted by Crippen LogP contribution is -2.37. The number of hydrogen-bond donors (Lipinski definition) is 1. The molecule has 0 bridgehead atoms. The van der Waals surface area contributed by atoms with Crippen molar-refractivity contribution >= 4 is 5.78 Å². The average molecular weight is 129 g/mol. The Labute approximate surface area is 56.6 Å². The van der Waals surface area contributed by atoms with E-state index < -0.39 is 0 Å². The van der Waals surface area contributed by atoms with Crippen molar-refractivity contribution in [2.45, 2.75) is 39.8 Å². The summed E-state index contributed by atoms with van der Waals surface area (Å²) in [4.78, 5) is 10.6. The van der Waals surface area contributed by atoms with E-state index in [4.69, 9.17) is 0 Å². The van der Waals surface area contributed by atoms with Gasteiger partial charge in [-0.05, 0) is 13.8 Å². The maximum Gasteiger partial charge on any atom is 0.146 e. The van der Waals surface area contributed by atoms with Crippen molar-refractivity contribution < 1.29 is 4.79 Å². The Morgan fingerprint density at radius 3 is 1.89 bits per heavy atom. The lowest BCUT2D eigenvalue weighted by molar-refractivity contribution is -0.118. The van der Waals surface area contributed by atoms with Crippen molar-refractivity contribution in [3.8, 4) is 0 Å². The van der Waals surface area contributed by atoms with E-state index >= 15 is 0 Å². The van der Waals surface area contributed by atoms with Crippen LogP contribution in [-0.4, -0.2) is 17.9 Å². The zero-order valence-electron chi connectivity index (χ0n) is 6.56. The van der Waals surface area contributed by atoms with Crippen molar-refractivity contribution in [1.29, 1.82) is 0 Å². The molecular formula is C7H15NO. The van der Waals surface area contributed by atoms with Crippen LogP contribution in [-0.2, 0) is 4.79 Å². The highest BCUT2D eigenvalue weighted by molar-refractivity contribution is 5.80. The third kappa shape index (κ3) is 4.15. The molecule has 2 nitrogen and oxygen atoms in total. The van der Waals surface area contributed by atoms with Crippen LogP contribution in [0.3, 0.4) is 0 Å². The molecule has 9 heavy (non-hydrogen) atoms. The molecule has 0 aromatic carbocycles. The molecule has 0 aliphatic heterocycles. The Morgan fingerprint density at radius 2 is 1.78 bits per heavy atom. The molecule has 0 fully saturated rings. The van der Waals surface area contributed by atoms with E-state index in [1.54, 1.807) is 6.92 Å². The summed E-state index contributed by atoms with van der Waals surface area (Å²) >= 11 is 0. The first-order valence-corrected chi connectivity index (χ1v) is 3.30. The van der Waals surface area contributed by atoms with Crippen LogP contribution in [0.5, 0.6) is 0 Å². The van der Waals surface area contributed by atoms with Gasteiger partial charge in [-0.15, -0.1) is 0 Å². The second-order valence-electron chi connectivity index (χ2n) is 2.65. The van der Waals surface area contributed by atoms with Crippen molar-refractivity contribution in [3.05, 3.63) is 0 Å². The minimum absolute atomic E-state index is 0.00463. The van der Waals surface area contributed by atoms with Gasteiger partial charge in [-0.1, -0.05) is 13.8 Å². The first-order chi connectivity index (χ1) is 4.04. The summed E-state index contributed by atoms with van der Waals surface area (Å²) in [5.41, 5.74) is 0. The van der Waals surface area contributed by atoms with E-state index in [0.29, 0.717) is 6.04 Å². The molecule has 0 aliphatic rings. The van der Waals surface area contributed by atoms with Gasteiger partial charge in [-0.25, -0.2) is 0 Å². The minimum atomic E-state index is 0.00463. The number of carbonyl (C=O) groups is 1. The van der Waals surface area contributed by atoms with Crippen LogP contribution in [0, 0.1) is 0 Å². The predicted molar refractivity (Wildman–Crippen MR) is 38.4 cm³/mol. The van der Waals surface area contributed by atoms with E-state index in [2.05, 4.69) is 5.32 Å². The quantitative estimate of drug-likeness (QED) is 0.615. The largest absolute Gasteiger partial charge is 0.305 e. The zero-order valence-corrected chi connectivity index (χ0v) is 6.56. The summed E-state index contributed by atoms with van der Waals surface area (Å²) in [5, 5.41) is 3.09. The normalized spacial score (nSPS) is 13.9. The second-order valence-corrected chi connectivity index (χ2v) is 2.65. The summed E-state index contributed by atoms with van der Waals surface area (Å²) in [7, 11) is 0. The molecule has 0 saturated heterocycles. The lowest BCUT2D eigenvalue weighted by atomic mass is 10.2. The topological polar surface area (TPSA) is 29.1 Å². The average Bonchev–Trinajstić information content (AvgIpc) is 1.63. The molecule has 0 unspecified atom stereocenters. The summed E-state index contributed by atoms with van der Waals surface area (Å²) in [6.07, 6.45) is 0. The molecule has 0 aromatic heterocycles. The number of hydrogen-bond acceptors (Lipinski definition) is 2. The molecule has 0 heterocycles. The van der Waals surface area contributed by atoms with Gasteiger partial charge >= 0.3 is 0 Å². The summed E-state index contributed by atoms with van der Waals surface area (Å²) in [6.45, 7) is 7.53. The first kappa shape index (κ1) is 8.63. The van der Waals surface area contributed by atoms with E-state index in [0.717, 1.165) is 0 Å². The third-order valence-electron chi connectivity index (χ3n) is 1.19. The zero-order chi connectivity index (χ0) is 7.44. The van der Waals surface area contributed by atoms with Crippen LogP contribution in [0.1, 0.15) is 27.7 Å². The molecular weight excluding hydrogens is 114 g/mol. The molecule has 1 N–H and O–H groups in total. The van der Waals surface area contributed by atoms with Gasteiger partial charge in [0.25, 0.3) is 0 Å². The van der Waals surface area contributed by atoms with Gasteiger partial charge < -0.3 is 5.32 Å². The Bertz CT molecular complexity index is 99.1. The molecule has 0 saturated carbocycles. The van der Waals surface area contributed by atoms with Crippen LogP contribution >= 0.6 is 0 Å². The number of rotatable bonds is 3. The van der Waals surface area contributed by atoms with E-state index in [9.17, 15) is 4.79 Å². The smallest absolute Gasteiger partial charge is 0.146 e. The molecule has 0 rings (SSSR count). The molecule has 0 aromatic rings.